The summed E-state index contributed by atoms with van der Waals surface area (Å²) in [5.74, 6) is 0.0678. The predicted molar refractivity (Wildman–Crippen MR) is 76.0 cm³/mol. The molecule has 1 aliphatic rings. The summed E-state index contributed by atoms with van der Waals surface area (Å²) in [6.07, 6.45) is 3.22. The third kappa shape index (κ3) is 2.87. The summed E-state index contributed by atoms with van der Waals surface area (Å²) < 4.78 is 21.5. The highest BCUT2D eigenvalue weighted by Gasteiger charge is 2.19. The van der Waals surface area contributed by atoms with Gasteiger partial charge in [-0.2, -0.15) is 0 Å². The maximum Gasteiger partial charge on any atom is 0.185 e. The molecule has 112 valence electrons. The molecule has 1 aromatic carbocycles. The first-order chi connectivity index (χ1) is 10.1. The van der Waals surface area contributed by atoms with Crippen molar-refractivity contribution in [3.8, 4) is 11.4 Å². The topological polar surface area (TPSA) is 78.9 Å². The van der Waals surface area contributed by atoms with Crippen LogP contribution in [0.2, 0.25) is 0 Å². The molecule has 3 rings (SSSR count). The van der Waals surface area contributed by atoms with Crippen LogP contribution in [0.4, 0.5) is 10.1 Å². The van der Waals surface area contributed by atoms with Gasteiger partial charge in [-0.05, 0) is 54.3 Å². The SMILES string of the molecule is Cc1cc(N)cc(-c2nnnn2CCC2CCCO2)c1F. The Morgan fingerprint density at radius 1 is 1.48 bits per heavy atom. The second-order valence-corrected chi connectivity index (χ2v) is 5.35. The lowest BCUT2D eigenvalue weighted by molar-refractivity contribution is 0.0994. The van der Waals surface area contributed by atoms with Gasteiger partial charge in [0, 0.05) is 18.8 Å². The molecule has 7 heteroatoms. The van der Waals surface area contributed by atoms with Gasteiger partial charge in [-0.15, -0.1) is 5.10 Å². The Kier molecular flexibility index (Phi) is 3.83. The highest BCUT2D eigenvalue weighted by Crippen LogP contribution is 2.26. The smallest absolute Gasteiger partial charge is 0.185 e. The van der Waals surface area contributed by atoms with E-state index in [-0.39, 0.29) is 11.9 Å². The summed E-state index contributed by atoms with van der Waals surface area (Å²) >= 11 is 0. The van der Waals surface area contributed by atoms with Crippen LogP contribution in [-0.4, -0.2) is 32.9 Å². The Labute approximate surface area is 122 Å². The molecule has 2 aromatic rings. The summed E-state index contributed by atoms with van der Waals surface area (Å²) in [7, 11) is 0. The Morgan fingerprint density at radius 2 is 2.33 bits per heavy atom. The number of anilines is 1. The van der Waals surface area contributed by atoms with E-state index in [9.17, 15) is 4.39 Å². The summed E-state index contributed by atoms with van der Waals surface area (Å²) in [6, 6.07) is 3.16. The van der Waals surface area contributed by atoms with Crippen LogP contribution in [0.5, 0.6) is 0 Å². The molecule has 6 nitrogen and oxygen atoms in total. The van der Waals surface area contributed by atoms with Crippen LogP contribution in [-0.2, 0) is 11.3 Å². The summed E-state index contributed by atoms with van der Waals surface area (Å²) in [6.45, 7) is 3.09. The standard InChI is InChI=1S/C14H18FN5O/c1-9-7-10(16)8-12(13(9)15)14-17-18-19-20(14)5-4-11-3-2-6-21-11/h7-8,11H,2-6,16H2,1H3. The molecular weight excluding hydrogens is 273 g/mol. The molecule has 0 amide bonds. The Balaban J connectivity index is 1.84. The molecule has 1 fully saturated rings. The molecule has 0 bridgehead atoms. The maximum absolute atomic E-state index is 14.3. The van der Waals surface area contributed by atoms with Gasteiger partial charge in [0.25, 0.3) is 0 Å². The number of aromatic nitrogens is 4. The van der Waals surface area contributed by atoms with Crippen molar-refractivity contribution in [1.29, 1.82) is 0 Å². The van der Waals surface area contributed by atoms with E-state index in [4.69, 9.17) is 10.5 Å². The molecular formula is C14H18FN5O. The molecule has 0 radical (unpaired) electrons. The van der Waals surface area contributed by atoms with Crippen LogP contribution < -0.4 is 5.73 Å². The Bertz CT molecular complexity index is 636. The molecule has 1 aromatic heterocycles. The van der Waals surface area contributed by atoms with E-state index >= 15 is 0 Å². The summed E-state index contributed by atoms with van der Waals surface area (Å²) in [5, 5.41) is 11.5. The van der Waals surface area contributed by atoms with Gasteiger partial charge in [0.15, 0.2) is 5.82 Å². The zero-order valence-electron chi connectivity index (χ0n) is 11.9. The second kappa shape index (κ2) is 5.77. The molecule has 2 heterocycles. The lowest BCUT2D eigenvalue weighted by Crippen LogP contribution is -2.12. The van der Waals surface area contributed by atoms with Gasteiger partial charge in [-0.1, -0.05) is 0 Å². The normalized spacial score (nSPS) is 18.3. The number of nitrogens with two attached hydrogens (primary N) is 1. The van der Waals surface area contributed by atoms with Crippen molar-refractivity contribution in [2.75, 3.05) is 12.3 Å². The van der Waals surface area contributed by atoms with Crippen LogP contribution in [0.1, 0.15) is 24.8 Å². The van der Waals surface area contributed by atoms with E-state index in [1.54, 1.807) is 23.7 Å². The molecule has 1 aliphatic heterocycles. The number of ether oxygens (including phenoxy) is 1. The average molecular weight is 291 g/mol. The van der Waals surface area contributed by atoms with Crippen molar-refractivity contribution in [1.82, 2.24) is 20.2 Å². The third-order valence-corrected chi connectivity index (χ3v) is 3.74. The molecule has 1 atom stereocenters. The van der Waals surface area contributed by atoms with Crippen LogP contribution in [0.3, 0.4) is 0 Å². The lowest BCUT2D eigenvalue weighted by Gasteiger charge is -2.11. The van der Waals surface area contributed by atoms with Gasteiger partial charge in [0.2, 0.25) is 0 Å². The van der Waals surface area contributed by atoms with Crippen LogP contribution in [0, 0.1) is 12.7 Å². The average Bonchev–Trinajstić information content (AvgIpc) is 3.11. The van der Waals surface area contributed by atoms with E-state index in [0.717, 1.165) is 25.9 Å². The number of nitrogen functional groups attached to an aromatic ring is 1. The van der Waals surface area contributed by atoms with Crippen LogP contribution in [0.25, 0.3) is 11.4 Å². The van der Waals surface area contributed by atoms with E-state index < -0.39 is 0 Å². The van der Waals surface area contributed by atoms with Crippen molar-refractivity contribution >= 4 is 5.69 Å². The Hall–Kier alpha value is -2.02. The number of benzene rings is 1. The summed E-state index contributed by atoms with van der Waals surface area (Å²) in [4.78, 5) is 0. The maximum atomic E-state index is 14.3. The monoisotopic (exact) mass is 291 g/mol. The quantitative estimate of drug-likeness (QED) is 0.871. The van der Waals surface area contributed by atoms with Gasteiger partial charge in [0.1, 0.15) is 5.82 Å². The first kappa shape index (κ1) is 13.9. The number of tetrazole rings is 1. The fourth-order valence-corrected chi connectivity index (χ4v) is 2.65. The van der Waals surface area contributed by atoms with E-state index in [0.29, 0.717) is 29.2 Å². The van der Waals surface area contributed by atoms with Crippen molar-refractivity contribution < 1.29 is 9.13 Å². The van der Waals surface area contributed by atoms with Gasteiger partial charge < -0.3 is 10.5 Å². The number of nitrogens with zero attached hydrogens (tertiary/aromatic N) is 4. The van der Waals surface area contributed by atoms with Crippen molar-refractivity contribution in [2.45, 2.75) is 38.8 Å². The zero-order valence-corrected chi connectivity index (χ0v) is 11.9. The third-order valence-electron chi connectivity index (χ3n) is 3.74. The zero-order chi connectivity index (χ0) is 14.8. The highest BCUT2D eigenvalue weighted by molar-refractivity contribution is 5.63. The Morgan fingerprint density at radius 3 is 3.10 bits per heavy atom. The van der Waals surface area contributed by atoms with Gasteiger partial charge in [-0.3, -0.25) is 0 Å². The van der Waals surface area contributed by atoms with Gasteiger partial charge >= 0.3 is 0 Å². The molecule has 0 aliphatic carbocycles. The fourth-order valence-electron chi connectivity index (χ4n) is 2.65. The van der Waals surface area contributed by atoms with E-state index in [2.05, 4.69) is 15.5 Å². The second-order valence-electron chi connectivity index (χ2n) is 5.35. The van der Waals surface area contributed by atoms with Gasteiger partial charge in [-0.25, -0.2) is 9.07 Å². The molecule has 1 unspecified atom stereocenters. The molecule has 21 heavy (non-hydrogen) atoms. The minimum absolute atomic E-state index is 0.245. The minimum Gasteiger partial charge on any atom is -0.399 e. The number of halogens is 1. The largest absolute Gasteiger partial charge is 0.399 e. The van der Waals surface area contributed by atoms with Crippen LogP contribution in [0.15, 0.2) is 12.1 Å². The molecule has 1 saturated heterocycles. The molecule has 2 N–H and O–H groups in total. The van der Waals surface area contributed by atoms with E-state index in [1.165, 1.54) is 0 Å². The predicted octanol–water partition coefficient (Wildman–Crippen LogP) is 1.94. The number of hydrogen-bond donors (Lipinski definition) is 1. The first-order valence-corrected chi connectivity index (χ1v) is 7.09. The van der Waals surface area contributed by atoms with Crippen molar-refractivity contribution in [3.05, 3.63) is 23.5 Å². The number of aryl methyl sites for hydroxylation is 2. The van der Waals surface area contributed by atoms with Crippen molar-refractivity contribution in [3.63, 3.8) is 0 Å². The lowest BCUT2D eigenvalue weighted by atomic mass is 10.1. The van der Waals surface area contributed by atoms with Crippen molar-refractivity contribution in [2.24, 2.45) is 0 Å². The summed E-state index contributed by atoms with van der Waals surface area (Å²) in [5.41, 5.74) is 7.11. The number of rotatable bonds is 4. The van der Waals surface area contributed by atoms with E-state index in [1.807, 2.05) is 0 Å². The molecule has 0 saturated carbocycles. The first-order valence-electron chi connectivity index (χ1n) is 7.09. The van der Waals surface area contributed by atoms with Crippen LogP contribution >= 0.6 is 0 Å². The fraction of sp³-hybridized carbons (Fsp3) is 0.500. The molecule has 0 spiro atoms. The number of hydrogen-bond acceptors (Lipinski definition) is 5. The van der Waals surface area contributed by atoms with Gasteiger partial charge in [0.05, 0.1) is 11.7 Å². The minimum atomic E-state index is -0.336. The highest BCUT2D eigenvalue weighted by atomic mass is 19.1.